The molecule has 4 rings (SSSR count). The highest BCUT2D eigenvalue weighted by atomic mass is 35.5. The number of carbonyl (C=O) groups is 1. The van der Waals surface area contributed by atoms with E-state index in [4.69, 9.17) is 11.6 Å². The SMILES string of the molecule is CN(Cc1cccn1-c1ccccc1)C(=O)c1ccc2nc(Cl)[nH]c2c1. The van der Waals surface area contributed by atoms with E-state index in [1.165, 1.54) is 0 Å². The number of carbonyl (C=O) groups excluding carboxylic acids is 1. The lowest BCUT2D eigenvalue weighted by atomic mass is 10.1. The molecule has 5 nitrogen and oxygen atoms in total. The van der Waals surface area contributed by atoms with E-state index in [-0.39, 0.29) is 5.91 Å². The fourth-order valence-corrected chi connectivity index (χ4v) is 3.23. The Labute approximate surface area is 155 Å². The molecular formula is C20H17ClN4O. The third kappa shape index (κ3) is 3.09. The van der Waals surface area contributed by atoms with Crippen molar-refractivity contribution in [1.29, 1.82) is 0 Å². The Morgan fingerprint density at radius 3 is 2.77 bits per heavy atom. The first-order valence-electron chi connectivity index (χ1n) is 8.24. The molecular weight excluding hydrogens is 348 g/mol. The van der Waals surface area contributed by atoms with E-state index in [1.807, 2.05) is 48.7 Å². The quantitative estimate of drug-likeness (QED) is 0.587. The number of hydrogen-bond donors (Lipinski definition) is 1. The number of hydrogen-bond acceptors (Lipinski definition) is 2. The molecule has 1 N–H and O–H groups in total. The maximum atomic E-state index is 12.8. The molecule has 1 amide bonds. The van der Waals surface area contributed by atoms with E-state index in [1.54, 1.807) is 30.1 Å². The molecule has 0 aliphatic rings. The normalized spacial score (nSPS) is 11.0. The van der Waals surface area contributed by atoms with Crippen molar-refractivity contribution in [3.63, 3.8) is 0 Å². The third-order valence-electron chi connectivity index (χ3n) is 4.31. The van der Waals surface area contributed by atoms with Crippen LogP contribution in [0.2, 0.25) is 5.28 Å². The number of aromatic amines is 1. The van der Waals surface area contributed by atoms with Crippen LogP contribution < -0.4 is 0 Å². The summed E-state index contributed by atoms with van der Waals surface area (Å²) in [5.74, 6) is -0.0570. The van der Waals surface area contributed by atoms with Crippen LogP contribution in [0.25, 0.3) is 16.7 Å². The van der Waals surface area contributed by atoms with Gasteiger partial charge in [-0.15, -0.1) is 0 Å². The van der Waals surface area contributed by atoms with E-state index in [9.17, 15) is 4.79 Å². The second kappa shape index (κ2) is 6.69. The fraction of sp³-hybridized carbons (Fsp3) is 0.100. The molecule has 0 fully saturated rings. The van der Waals surface area contributed by atoms with Crippen molar-refractivity contribution in [2.45, 2.75) is 6.54 Å². The first-order valence-corrected chi connectivity index (χ1v) is 8.62. The number of H-pyrrole nitrogens is 1. The van der Waals surface area contributed by atoms with Crippen molar-refractivity contribution >= 4 is 28.5 Å². The van der Waals surface area contributed by atoms with Gasteiger partial charge in [-0.2, -0.15) is 0 Å². The number of rotatable bonds is 4. The number of fused-ring (bicyclic) bond motifs is 1. The lowest BCUT2D eigenvalue weighted by Crippen LogP contribution is -2.27. The van der Waals surface area contributed by atoms with Gasteiger partial charge in [0.2, 0.25) is 5.28 Å². The summed E-state index contributed by atoms with van der Waals surface area (Å²) in [7, 11) is 1.80. The largest absolute Gasteiger partial charge is 0.336 e. The minimum absolute atomic E-state index is 0.0570. The maximum absolute atomic E-state index is 12.8. The van der Waals surface area contributed by atoms with E-state index in [0.717, 1.165) is 22.4 Å². The van der Waals surface area contributed by atoms with Crippen molar-refractivity contribution in [3.05, 3.63) is 83.4 Å². The standard InChI is InChI=1S/C20H17ClN4O/c1-24(13-16-8-5-11-25(16)15-6-3-2-4-7-15)19(26)14-9-10-17-18(12-14)23-20(21)22-17/h2-12H,13H2,1H3,(H,22,23). The van der Waals surface area contributed by atoms with Gasteiger partial charge in [-0.05, 0) is 54.1 Å². The molecule has 0 radical (unpaired) electrons. The summed E-state index contributed by atoms with van der Waals surface area (Å²) in [6.45, 7) is 0.502. The van der Waals surface area contributed by atoms with Gasteiger partial charge in [0.15, 0.2) is 0 Å². The third-order valence-corrected chi connectivity index (χ3v) is 4.49. The number of para-hydroxylation sites is 1. The molecule has 0 saturated carbocycles. The molecule has 0 bridgehead atoms. The van der Waals surface area contributed by atoms with Crippen LogP contribution in [0.5, 0.6) is 0 Å². The lowest BCUT2D eigenvalue weighted by molar-refractivity contribution is 0.0783. The highest BCUT2D eigenvalue weighted by Crippen LogP contribution is 2.19. The maximum Gasteiger partial charge on any atom is 0.254 e. The van der Waals surface area contributed by atoms with Crippen molar-refractivity contribution in [1.82, 2.24) is 19.4 Å². The van der Waals surface area contributed by atoms with Crippen molar-refractivity contribution in [3.8, 4) is 5.69 Å². The van der Waals surface area contributed by atoms with Crippen molar-refractivity contribution in [2.24, 2.45) is 0 Å². The zero-order chi connectivity index (χ0) is 18.1. The smallest absolute Gasteiger partial charge is 0.254 e. The van der Waals surface area contributed by atoms with Gasteiger partial charge in [0.05, 0.1) is 17.6 Å². The second-order valence-electron chi connectivity index (χ2n) is 6.13. The molecule has 26 heavy (non-hydrogen) atoms. The van der Waals surface area contributed by atoms with Crippen LogP contribution in [0.3, 0.4) is 0 Å². The molecule has 0 saturated heterocycles. The van der Waals surface area contributed by atoms with Crippen LogP contribution in [-0.2, 0) is 6.54 Å². The average Bonchev–Trinajstić information content (AvgIpc) is 3.26. The summed E-state index contributed by atoms with van der Waals surface area (Å²) < 4.78 is 2.08. The minimum Gasteiger partial charge on any atom is -0.336 e. The van der Waals surface area contributed by atoms with E-state index in [2.05, 4.69) is 14.5 Å². The topological polar surface area (TPSA) is 53.9 Å². The summed E-state index contributed by atoms with van der Waals surface area (Å²) in [4.78, 5) is 21.6. The van der Waals surface area contributed by atoms with Gasteiger partial charge >= 0.3 is 0 Å². The molecule has 130 valence electrons. The minimum atomic E-state index is -0.0570. The number of amides is 1. The molecule has 0 unspecified atom stereocenters. The summed E-state index contributed by atoms with van der Waals surface area (Å²) in [6, 6.07) is 19.4. The number of imidazole rings is 1. The first kappa shape index (κ1) is 16.4. The van der Waals surface area contributed by atoms with Crippen LogP contribution in [0.1, 0.15) is 16.1 Å². The van der Waals surface area contributed by atoms with Gasteiger partial charge in [0.1, 0.15) is 0 Å². The Hall–Kier alpha value is -3.05. The van der Waals surface area contributed by atoms with Gasteiger partial charge in [-0.25, -0.2) is 4.98 Å². The monoisotopic (exact) mass is 364 g/mol. The summed E-state index contributed by atoms with van der Waals surface area (Å²) in [5, 5.41) is 0.318. The molecule has 0 spiro atoms. The molecule has 6 heteroatoms. The number of benzene rings is 2. The Morgan fingerprint density at radius 1 is 1.15 bits per heavy atom. The molecule has 4 aromatic rings. The van der Waals surface area contributed by atoms with E-state index < -0.39 is 0 Å². The molecule has 2 heterocycles. The van der Waals surface area contributed by atoms with Crippen molar-refractivity contribution < 1.29 is 4.79 Å². The number of halogens is 1. The fourth-order valence-electron chi connectivity index (χ4n) is 3.03. The van der Waals surface area contributed by atoms with Gasteiger partial charge < -0.3 is 14.5 Å². The summed E-state index contributed by atoms with van der Waals surface area (Å²) in [5.41, 5.74) is 4.20. The van der Waals surface area contributed by atoms with Gasteiger partial charge in [-0.1, -0.05) is 18.2 Å². The number of nitrogens with one attached hydrogen (secondary N) is 1. The van der Waals surface area contributed by atoms with Gasteiger partial charge in [-0.3, -0.25) is 4.79 Å². The first-order chi connectivity index (χ1) is 12.6. The zero-order valence-corrected chi connectivity index (χ0v) is 14.9. The van der Waals surface area contributed by atoms with Crippen LogP contribution in [0.15, 0.2) is 66.9 Å². The zero-order valence-electron chi connectivity index (χ0n) is 14.2. The molecule has 0 aliphatic heterocycles. The Morgan fingerprint density at radius 2 is 1.96 bits per heavy atom. The highest BCUT2D eigenvalue weighted by Gasteiger charge is 2.15. The van der Waals surface area contributed by atoms with Crippen LogP contribution >= 0.6 is 11.6 Å². The van der Waals surface area contributed by atoms with Gasteiger partial charge in [0.25, 0.3) is 5.91 Å². The average molecular weight is 365 g/mol. The summed E-state index contributed by atoms with van der Waals surface area (Å²) in [6.07, 6.45) is 2.00. The highest BCUT2D eigenvalue weighted by molar-refractivity contribution is 6.29. The summed E-state index contributed by atoms with van der Waals surface area (Å²) >= 11 is 5.88. The van der Waals surface area contributed by atoms with E-state index >= 15 is 0 Å². The Balaban J connectivity index is 1.57. The van der Waals surface area contributed by atoms with Crippen molar-refractivity contribution in [2.75, 3.05) is 7.05 Å². The van der Waals surface area contributed by atoms with Gasteiger partial charge in [0, 0.05) is 30.2 Å². The molecule has 0 atom stereocenters. The number of nitrogens with zero attached hydrogens (tertiary/aromatic N) is 3. The van der Waals surface area contributed by atoms with Crippen LogP contribution in [-0.4, -0.2) is 32.4 Å². The predicted octanol–water partition coefficient (Wildman–Crippen LogP) is 4.28. The Bertz CT molecular complexity index is 1070. The number of aromatic nitrogens is 3. The predicted molar refractivity (Wildman–Crippen MR) is 103 cm³/mol. The molecule has 2 aromatic carbocycles. The molecule has 0 aliphatic carbocycles. The van der Waals surface area contributed by atoms with E-state index in [0.29, 0.717) is 17.4 Å². The lowest BCUT2D eigenvalue weighted by Gasteiger charge is -2.19. The second-order valence-corrected chi connectivity index (χ2v) is 6.48. The molecule has 2 aromatic heterocycles. The van der Waals surface area contributed by atoms with Crippen LogP contribution in [0, 0.1) is 0 Å². The Kier molecular flexibility index (Phi) is 4.22. The van der Waals surface area contributed by atoms with Crippen LogP contribution in [0.4, 0.5) is 0 Å².